The molecular weight excluding hydrogens is 338 g/mol. The summed E-state index contributed by atoms with van der Waals surface area (Å²) >= 11 is 0. The lowest BCUT2D eigenvalue weighted by Gasteiger charge is -2.28. The van der Waals surface area contributed by atoms with Gasteiger partial charge >= 0.3 is 0 Å². The van der Waals surface area contributed by atoms with Gasteiger partial charge in [0.1, 0.15) is 0 Å². The minimum Gasteiger partial charge on any atom is -0.350 e. The Bertz CT molecular complexity index is 523. The monoisotopic (exact) mass is 367 g/mol. The summed E-state index contributed by atoms with van der Waals surface area (Å²) in [4.78, 5) is 25.4. The number of hydrogen-bond acceptors (Lipinski definition) is 5. The highest BCUT2D eigenvalue weighted by Crippen LogP contribution is 2.24. The van der Waals surface area contributed by atoms with Gasteiger partial charge in [-0.15, -0.1) is 12.4 Å². The minimum atomic E-state index is 0. The van der Waals surface area contributed by atoms with Crippen LogP contribution in [-0.2, 0) is 4.79 Å². The van der Waals surface area contributed by atoms with Gasteiger partial charge in [0.2, 0.25) is 11.9 Å². The highest BCUT2D eigenvalue weighted by Gasteiger charge is 2.34. The van der Waals surface area contributed by atoms with Crippen molar-refractivity contribution in [3.8, 4) is 0 Å². The molecule has 0 unspecified atom stereocenters. The molecule has 2 aliphatic rings. The van der Waals surface area contributed by atoms with Crippen LogP contribution in [0.1, 0.15) is 39.0 Å². The second kappa shape index (κ2) is 9.92. The van der Waals surface area contributed by atoms with Crippen molar-refractivity contribution in [3.63, 3.8) is 0 Å². The summed E-state index contributed by atoms with van der Waals surface area (Å²) in [6, 6.07) is 2.15. The third kappa shape index (κ3) is 5.54. The topological polar surface area (TPSA) is 61.4 Å². The van der Waals surface area contributed by atoms with Crippen LogP contribution in [0.3, 0.4) is 0 Å². The van der Waals surface area contributed by atoms with Gasteiger partial charge in [0.15, 0.2) is 0 Å². The van der Waals surface area contributed by atoms with E-state index in [1.54, 1.807) is 12.4 Å². The van der Waals surface area contributed by atoms with E-state index in [4.69, 9.17) is 0 Å². The van der Waals surface area contributed by atoms with Gasteiger partial charge < -0.3 is 10.2 Å². The van der Waals surface area contributed by atoms with E-state index in [1.165, 1.54) is 12.8 Å². The van der Waals surface area contributed by atoms with E-state index < -0.39 is 0 Å². The van der Waals surface area contributed by atoms with Gasteiger partial charge in [0, 0.05) is 44.6 Å². The molecule has 1 aromatic rings. The number of nitrogens with one attached hydrogen (secondary N) is 1. The van der Waals surface area contributed by atoms with Crippen LogP contribution in [0.4, 0.5) is 5.95 Å². The first-order valence-electron chi connectivity index (χ1n) is 9.30. The molecule has 1 N–H and O–H groups in total. The van der Waals surface area contributed by atoms with E-state index in [0.29, 0.717) is 30.4 Å². The molecule has 3 rings (SSSR count). The number of hydrogen-bond donors (Lipinski definition) is 1. The fraction of sp³-hybridized carbons (Fsp3) is 0.722. The van der Waals surface area contributed by atoms with Crippen molar-refractivity contribution in [2.45, 2.75) is 45.1 Å². The van der Waals surface area contributed by atoms with Crippen molar-refractivity contribution >= 4 is 24.3 Å². The van der Waals surface area contributed by atoms with Gasteiger partial charge in [-0.25, -0.2) is 9.97 Å². The summed E-state index contributed by atoms with van der Waals surface area (Å²) in [5.41, 5.74) is 0. The molecule has 25 heavy (non-hydrogen) atoms. The summed E-state index contributed by atoms with van der Waals surface area (Å²) < 4.78 is 0. The summed E-state index contributed by atoms with van der Waals surface area (Å²) in [5.74, 6) is 1.53. The Morgan fingerprint density at radius 3 is 2.60 bits per heavy atom. The number of halogens is 1. The third-order valence-electron chi connectivity index (χ3n) is 5.12. The number of nitrogens with zero attached hydrogens (tertiary/aromatic N) is 4. The molecule has 2 saturated heterocycles. The first-order chi connectivity index (χ1) is 11.8. The number of anilines is 1. The van der Waals surface area contributed by atoms with Gasteiger partial charge in [0.05, 0.1) is 6.54 Å². The Labute approximate surface area is 156 Å². The molecule has 2 atom stereocenters. The first kappa shape index (κ1) is 19.9. The van der Waals surface area contributed by atoms with Crippen LogP contribution in [0, 0.1) is 5.92 Å². The zero-order valence-electron chi connectivity index (χ0n) is 15.1. The molecule has 1 amide bonds. The number of piperidine rings is 1. The van der Waals surface area contributed by atoms with Gasteiger partial charge in [-0.05, 0) is 37.7 Å². The van der Waals surface area contributed by atoms with Crippen molar-refractivity contribution in [2.75, 3.05) is 38.0 Å². The summed E-state index contributed by atoms with van der Waals surface area (Å²) in [7, 11) is 0. The Hall–Kier alpha value is -1.40. The molecule has 2 aliphatic heterocycles. The lowest BCUT2D eigenvalue weighted by molar-refractivity contribution is -0.133. The average molecular weight is 368 g/mol. The minimum absolute atomic E-state index is 0. The first-order valence-corrected chi connectivity index (χ1v) is 9.30. The predicted molar refractivity (Wildman–Crippen MR) is 102 cm³/mol. The summed E-state index contributed by atoms with van der Waals surface area (Å²) in [6.45, 7) is 6.52. The van der Waals surface area contributed by atoms with Crippen LogP contribution < -0.4 is 5.32 Å². The van der Waals surface area contributed by atoms with Crippen LogP contribution in [-0.4, -0.2) is 64.4 Å². The standard InChI is InChI=1S/C18H29N5O.ClH/c1-2-7-15-12-22(14-17(24)23-10-4-3-5-11-23)13-16(15)21-18-19-8-6-9-20-18;/h6,8-9,15-16H,2-5,7,10-14H2,1H3,(H,19,20,21);1H/t15-,16-;/m0./s1. The second-order valence-electron chi connectivity index (χ2n) is 7.01. The Balaban J connectivity index is 0.00000225. The van der Waals surface area contributed by atoms with Crippen LogP contribution in [0.5, 0.6) is 0 Å². The van der Waals surface area contributed by atoms with Crippen LogP contribution in [0.15, 0.2) is 18.5 Å². The quantitative estimate of drug-likeness (QED) is 0.836. The van der Waals surface area contributed by atoms with E-state index in [2.05, 4.69) is 27.1 Å². The summed E-state index contributed by atoms with van der Waals surface area (Å²) in [6.07, 6.45) is 9.41. The van der Waals surface area contributed by atoms with E-state index in [1.807, 2.05) is 11.0 Å². The molecule has 0 spiro atoms. The van der Waals surface area contributed by atoms with E-state index in [0.717, 1.165) is 45.4 Å². The predicted octanol–water partition coefficient (Wildman–Crippen LogP) is 2.42. The van der Waals surface area contributed by atoms with Crippen molar-refractivity contribution in [1.29, 1.82) is 0 Å². The maximum atomic E-state index is 12.5. The molecule has 3 heterocycles. The lowest BCUT2D eigenvalue weighted by Crippen LogP contribution is -2.42. The lowest BCUT2D eigenvalue weighted by atomic mass is 9.98. The zero-order chi connectivity index (χ0) is 16.8. The van der Waals surface area contributed by atoms with Crippen LogP contribution in [0.2, 0.25) is 0 Å². The molecular formula is C18H30ClN5O. The molecule has 0 bridgehead atoms. The zero-order valence-corrected chi connectivity index (χ0v) is 15.9. The van der Waals surface area contributed by atoms with Crippen LogP contribution >= 0.6 is 12.4 Å². The Kier molecular flexibility index (Phi) is 7.90. The van der Waals surface area contributed by atoms with Gasteiger partial charge in [0.25, 0.3) is 0 Å². The van der Waals surface area contributed by atoms with Gasteiger partial charge in [-0.3, -0.25) is 9.69 Å². The number of rotatable bonds is 6. The maximum absolute atomic E-state index is 12.5. The average Bonchev–Trinajstić information content (AvgIpc) is 2.98. The molecule has 2 fully saturated rings. The molecule has 0 aromatic carbocycles. The van der Waals surface area contributed by atoms with E-state index >= 15 is 0 Å². The number of carbonyl (C=O) groups excluding carboxylic acids is 1. The number of amides is 1. The van der Waals surface area contributed by atoms with E-state index in [-0.39, 0.29) is 12.4 Å². The molecule has 6 nitrogen and oxygen atoms in total. The molecule has 0 saturated carbocycles. The fourth-order valence-corrected chi connectivity index (χ4v) is 3.89. The highest BCUT2D eigenvalue weighted by atomic mass is 35.5. The fourth-order valence-electron chi connectivity index (χ4n) is 3.89. The third-order valence-corrected chi connectivity index (χ3v) is 5.12. The number of carbonyl (C=O) groups is 1. The van der Waals surface area contributed by atoms with Crippen LogP contribution in [0.25, 0.3) is 0 Å². The number of aromatic nitrogens is 2. The maximum Gasteiger partial charge on any atom is 0.236 e. The van der Waals surface area contributed by atoms with Gasteiger partial charge in [-0.2, -0.15) is 0 Å². The number of likely N-dealkylation sites (tertiary alicyclic amines) is 2. The van der Waals surface area contributed by atoms with Crippen molar-refractivity contribution < 1.29 is 4.79 Å². The van der Waals surface area contributed by atoms with Crippen molar-refractivity contribution in [2.24, 2.45) is 5.92 Å². The van der Waals surface area contributed by atoms with Crippen molar-refractivity contribution in [1.82, 2.24) is 19.8 Å². The molecule has 140 valence electrons. The largest absolute Gasteiger partial charge is 0.350 e. The highest BCUT2D eigenvalue weighted by molar-refractivity contribution is 5.85. The van der Waals surface area contributed by atoms with Crippen molar-refractivity contribution in [3.05, 3.63) is 18.5 Å². The summed E-state index contributed by atoms with van der Waals surface area (Å²) in [5, 5.41) is 3.47. The van der Waals surface area contributed by atoms with Gasteiger partial charge in [-0.1, -0.05) is 13.3 Å². The molecule has 1 aromatic heterocycles. The molecule has 0 radical (unpaired) electrons. The normalized spacial score (nSPS) is 24.0. The Morgan fingerprint density at radius 2 is 1.92 bits per heavy atom. The Morgan fingerprint density at radius 1 is 1.20 bits per heavy atom. The second-order valence-corrected chi connectivity index (χ2v) is 7.01. The molecule has 7 heteroatoms. The SMILES string of the molecule is CCC[C@H]1CN(CC(=O)N2CCCCC2)C[C@@H]1Nc1ncccn1.Cl. The van der Waals surface area contributed by atoms with E-state index in [9.17, 15) is 4.79 Å². The molecule has 0 aliphatic carbocycles. The smallest absolute Gasteiger partial charge is 0.236 e.